The van der Waals surface area contributed by atoms with E-state index in [1.165, 1.54) is 0 Å². The number of phosphoric acid groups is 3. The first kappa shape index (κ1) is 42.7. The third kappa shape index (κ3) is 164000. The van der Waals surface area contributed by atoms with Crippen molar-refractivity contribution in [2.24, 2.45) is 0 Å². The molecule has 0 aromatic carbocycles. The van der Waals surface area contributed by atoms with Crippen LogP contribution in [0.1, 0.15) is 1.43 Å². The van der Waals surface area contributed by atoms with Crippen molar-refractivity contribution in [3.05, 3.63) is 0 Å². The lowest BCUT2D eigenvalue weighted by atomic mass is 14.0. The molecule has 0 amide bonds. The van der Waals surface area contributed by atoms with Crippen molar-refractivity contribution in [1.29, 1.82) is 0 Å². The molecule has 19 heteroatoms. The van der Waals surface area contributed by atoms with Gasteiger partial charge in [-0.25, -0.2) is 9.13 Å². The van der Waals surface area contributed by atoms with E-state index in [2.05, 4.69) is 0 Å². The molecule has 0 aliphatic rings. The monoisotopic (exact) mass is 362 g/mol. The van der Waals surface area contributed by atoms with Crippen molar-refractivity contribution < 1.29 is 59.2 Å². The molecule has 0 unspecified atom stereocenters. The van der Waals surface area contributed by atoms with Gasteiger partial charge >= 0.3 is 17.1 Å². The van der Waals surface area contributed by atoms with Crippen LogP contribution in [0, 0.1) is 0 Å². The first-order chi connectivity index (χ1) is 6.00. The molecule has 0 rings (SSSR count). The normalized spacial score (nSPS) is 9.32. The highest BCUT2D eigenvalue weighted by Gasteiger charge is 2.00. The van der Waals surface area contributed by atoms with Crippen molar-refractivity contribution in [3.63, 3.8) is 0 Å². The second-order valence-corrected chi connectivity index (χ2v) is 4.55. The molecule has 0 atom stereocenters. The largest absolute Gasteiger partial charge is 1.00 e. The van der Waals surface area contributed by atoms with Crippen molar-refractivity contribution in [2.75, 3.05) is 0 Å². The zero-order valence-electron chi connectivity index (χ0n) is 10.4. The van der Waals surface area contributed by atoms with E-state index in [1.54, 1.807) is 0 Å². The molecule has 0 aliphatic carbocycles. The van der Waals surface area contributed by atoms with Crippen LogP contribution in [0.25, 0.3) is 0 Å². The predicted molar refractivity (Wildman–Crippen MR) is 61.8 cm³/mol. The van der Waals surface area contributed by atoms with E-state index in [1.807, 2.05) is 0 Å². The van der Waals surface area contributed by atoms with Gasteiger partial charge in [-0.05, 0) is 0 Å². The lowest BCUT2D eigenvalue weighted by Crippen LogP contribution is -1.94. The highest BCUT2D eigenvalue weighted by molar-refractivity contribution is 7.45. The van der Waals surface area contributed by atoms with Gasteiger partial charge in [0.1, 0.15) is 0 Å². The lowest BCUT2D eigenvalue weighted by molar-refractivity contribution is -0.214. The van der Waals surface area contributed by atoms with Crippen LogP contribution in [0.3, 0.4) is 0 Å². The predicted octanol–water partition coefficient (Wildman–Crippen LogP) is -2.66. The molecular weight excluding hydrogens is 341 g/mol. The van der Waals surface area contributed by atoms with E-state index >= 15 is 0 Å². The molecule has 20 N–H and O–H groups in total. The first-order valence-electron chi connectivity index (χ1n) is 2.33. The van der Waals surface area contributed by atoms with Crippen LogP contribution in [0.5, 0.6) is 0 Å². The zero-order chi connectivity index (χ0) is 13.5. The Morgan fingerprint density at radius 3 is 0.579 bits per heavy atom. The summed E-state index contributed by atoms with van der Waals surface area (Å²) in [4.78, 5) is 66.0. The highest BCUT2D eigenvalue weighted by Crippen LogP contribution is 2.26. The molecule has 0 aromatic heterocycles. The summed E-state index contributed by atoms with van der Waals surface area (Å²) in [5, 5.41) is 0. The third-order valence-corrected chi connectivity index (χ3v) is 0. The summed E-state index contributed by atoms with van der Waals surface area (Å²) in [6.45, 7) is 0. The van der Waals surface area contributed by atoms with E-state index < -0.39 is 23.5 Å². The summed E-state index contributed by atoms with van der Waals surface area (Å²) in [6.07, 6.45) is 0. The van der Waals surface area contributed by atoms with Crippen LogP contribution in [0.15, 0.2) is 0 Å². The van der Waals surface area contributed by atoms with Crippen molar-refractivity contribution in [3.8, 4) is 0 Å². The van der Waals surface area contributed by atoms with Crippen molar-refractivity contribution in [2.45, 2.75) is 0 Å². The Morgan fingerprint density at radius 2 is 0.579 bits per heavy atom. The molecule has 0 aliphatic heterocycles. The maximum absolute atomic E-state index is 8.88. The van der Waals surface area contributed by atoms with Gasteiger partial charge in [0.05, 0.1) is 0 Å². The van der Waals surface area contributed by atoms with Gasteiger partial charge in [0.15, 0.2) is 0 Å². The number of rotatable bonds is 0. The van der Waals surface area contributed by atoms with Gasteiger partial charge in [-0.1, -0.05) is 0 Å². The van der Waals surface area contributed by atoms with E-state index in [-0.39, 0.29) is 26.0 Å². The van der Waals surface area contributed by atoms with Gasteiger partial charge in [-0.3, -0.25) is 4.57 Å². The van der Waals surface area contributed by atoms with E-state index in [0.29, 0.717) is 0 Å². The second-order valence-electron chi connectivity index (χ2n) is 1.52. The maximum atomic E-state index is 8.88. The average Bonchev–Trinajstić information content (AvgIpc) is 1.41. The Kier molecular flexibility index (Phi) is 36.5. The molecule has 0 saturated heterocycles. The summed E-state index contributed by atoms with van der Waals surface area (Å²) in [7, 11) is -14.2. The second kappa shape index (κ2) is 16.2. The minimum Gasteiger partial charge on any atom is -0.756 e. The highest BCUT2D eigenvalue weighted by atomic mass is 31.2. The van der Waals surface area contributed by atoms with Gasteiger partial charge in [0.2, 0.25) is 0 Å². The maximum Gasteiger partial charge on any atom is 1.00 e. The Balaban J connectivity index is -0.0000000160. The van der Waals surface area contributed by atoms with Gasteiger partial charge in [-0.2, -0.15) is 0 Å². The molecule has 0 fully saturated rings. The molecule has 0 spiro atoms. The molecule has 19 heavy (non-hydrogen) atoms. The Hall–Kier alpha value is 0.170. The van der Waals surface area contributed by atoms with Gasteiger partial charge in [0, 0.05) is 0 Å². The molecule has 0 bridgehead atoms. The van der Waals surface area contributed by atoms with E-state index in [0.717, 1.165) is 0 Å². The van der Waals surface area contributed by atoms with E-state index in [4.69, 9.17) is 57.7 Å². The van der Waals surface area contributed by atoms with Crippen molar-refractivity contribution in [1.82, 2.24) is 24.6 Å². The minimum absolute atomic E-state index is 0. The van der Waals surface area contributed by atoms with Crippen LogP contribution < -0.4 is 29.5 Å². The summed E-state index contributed by atoms with van der Waals surface area (Å²) >= 11 is 0. The lowest BCUT2D eigenvalue weighted by Gasteiger charge is -2.01. The first-order valence-corrected chi connectivity index (χ1v) is 6.99. The Bertz CT molecular complexity index is 217. The van der Waals surface area contributed by atoms with Crippen molar-refractivity contribution >= 4 is 23.5 Å². The standard InChI is InChI=1S/4H3N.3H3O4P/c;;;;3*1-5(2,3)4/h4*1H3;3*(H3,1,2,3,4). The van der Waals surface area contributed by atoms with Crippen LogP contribution in [-0.4, -0.2) is 39.1 Å². The van der Waals surface area contributed by atoms with Gasteiger partial charge < -0.3 is 68.6 Å². The fourth-order valence-corrected chi connectivity index (χ4v) is 0. The topological polar surface area (TPSA) is 376 Å². The quantitative estimate of drug-likeness (QED) is 0.195. The van der Waals surface area contributed by atoms with Gasteiger partial charge in [-0.15, -0.1) is 0 Å². The molecule has 0 radical (unpaired) electrons. The number of hydrogen-bond donors (Lipinski definition) is 12. The van der Waals surface area contributed by atoms with Crippen LogP contribution in [0.4, 0.5) is 0 Å². The Labute approximate surface area is 108 Å². The van der Waals surface area contributed by atoms with Crippen LogP contribution in [-0.2, 0) is 13.7 Å². The van der Waals surface area contributed by atoms with E-state index in [9.17, 15) is 0 Å². The summed E-state index contributed by atoms with van der Waals surface area (Å²) in [6, 6.07) is 0. The fourth-order valence-electron chi connectivity index (χ4n) is 0. The van der Waals surface area contributed by atoms with Crippen LogP contribution >= 0.6 is 23.5 Å². The zero-order valence-corrected chi connectivity index (χ0v) is 12.1. The Morgan fingerprint density at radius 1 is 0.579 bits per heavy atom. The van der Waals surface area contributed by atoms with Gasteiger partial charge in [0.25, 0.3) is 7.82 Å². The average molecular weight is 362 g/mol. The molecule has 16 nitrogen and oxygen atoms in total. The van der Waals surface area contributed by atoms with Crippen LogP contribution in [0.2, 0.25) is 0 Å². The SMILES string of the molecule is N.N.N.N.O=P(O)(O)O.O=P(O)(O)O.O=P([O-])(O)O.[H+]. The molecule has 0 heterocycles. The smallest absolute Gasteiger partial charge is 0.756 e. The third-order valence-electron chi connectivity index (χ3n) is 0. The number of hydrogen-bond acceptors (Lipinski definition) is 8. The molecule has 128 valence electrons. The molecule has 0 saturated carbocycles. The summed E-state index contributed by atoms with van der Waals surface area (Å²) in [5.74, 6) is 0. The molecular formula is H21N4O12P3. The fraction of sp³-hybridized carbons (Fsp3) is 0. The summed E-state index contributed by atoms with van der Waals surface area (Å²) < 4.78 is 26.5. The molecule has 0 aromatic rings. The minimum atomic E-state index is -4.89. The summed E-state index contributed by atoms with van der Waals surface area (Å²) in [5.41, 5.74) is 0.